The lowest BCUT2D eigenvalue weighted by molar-refractivity contribution is -0.117. The summed E-state index contributed by atoms with van der Waals surface area (Å²) >= 11 is 0. The molecule has 2 aromatic heterocycles. The molecule has 4 heterocycles. The van der Waals surface area contributed by atoms with Crippen LogP contribution in [0.5, 0.6) is 11.5 Å². The van der Waals surface area contributed by atoms with Gasteiger partial charge in [-0.15, -0.1) is 0 Å². The molecule has 1 amide bonds. The van der Waals surface area contributed by atoms with Gasteiger partial charge in [0.1, 0.15) is 5.82 Å². The number of aryl methyl sites for hydroxylation is 1. The number of fused-ring (bicyclic) bond motifs is 1. The highest BCUT2D eigenvalue weighted by Gasteiger charge is 2.26. The zero-order chi connectivity index (χ0) is 21.9. The maximum atomic E-state index is 12.7. The van der Waals surface area contributed by atoms with Crippen LogP contribution >= 0.6 is 0 Å². The van der Waals surface area contributed by atoms with Gasteiger partial charge in [0.25, 0.3) is 0 Å². The molecule has 5 rings (SSSR count). The van der Waals surface area contributed by atoms with Crippen molar-refractivity contribution in [3.8, 4) is 22.6 Å². The maximum absolute atomic E-state index is 12.7. The fourth-order valence-electron chi connectivity index (χ4n) is 4.35. The van der Waals surface area contributed by atoms with Crippen LogP contribution in [-0.4, -0.2) is 52.2 Å². The van der Waals surface area contributed by atoms with E-state index in [1.54, 1.807) is 18.5 Å². The van der Waals surface area contributed by atoms with E-state index in [0.29, 0.717) is 23.7 Å². The summed E-state index contributed by atoms with van der Waals surface area (Å²) in [7, 11) is 0. The Morgan fingerprint density at radius 3 is 2.91 bits per heavy atom. The molecule has 0 saturated carbocycles. The molecule has 0 radical (unpaired) electrons. The summed E-state index contributed by atoms with van der Waals surface area (Å²) in [4.78, 5) is 28.3. The summed E-state index contributed by atoms with van der Waals surface area (Å²) in [5, 5.41) is 2.97. The second-order valence-electron chi connectivity index (χ2n) is 8.14. The summed E-state index contributed by atoms with van der Waals surface area (Å²) in [5.74, 6) is 2.32. The lowest BCUT2D eigenvalue weighted by Gasteiger charge is -2.32. The van der Waals surface area contributed by atoms with Gasteiger partial charge >= 0.3 is 0 Å². The number of piperidine rings is 1. The molecule has 0 bridgehead atoms. The maximum Gasteiger partial charge on any atom is 0.238 e. The van der Waals surface area contributed by atoms with E-state index in [1.807, 2.05) is 37.4 Å². The zero-order valence-electron chi connectivity index (χ0n) is 18.0. The average Bonchev–Trinajstić information content (AvgIpc) is 3.28. The van der Waals surface area contributed by atoms with Gasteiger partial charge in [0, 0.05) is 48.4 Å². The third-order valence-corrected chi connectivity index (χ3v) is 5.85. The minimum absolute atomic E-state index is 0.0438. The van der Waals surface area contributed by atoms with Crippen LogP contribution in [0.3, 0.4) is 0 Å². The van der Waals surface area contributed by atoms with E-state index in [2.05, 4.69) is 20.2 Å². The second kappa shape index (κ2) is 8.92. The number of aromatic nitrogens is 3. The molecule has 3 aromatic rings. The van der Waals surface area contributed by atoms with Crippen LogP contribution in [0.1, 0.15) is 30.3 Å². The number of pyridine rings is 1. The normalized spacial score (nSPS) is 17.8. The molecule has 32 heavy (non-hydrogen) atoms. The number of likely N-dealkylation sites (tertiary alicyclic amines) is 1. The third kappa shape index (κ3) is 4.40. The first-order valence-electron chi connectivity index (χ1n) is 10.8. The van der Waals surface area contributed by atoms with Crippen LogP contribution in [0, 0.1) is 6.92 Å². The largest absolute Gasteiger partial charge is 0.454 e. The van der Waals surface area contributed by atoms with Crippen LogP contribution in [0.2, 0.25) is 0 Å². The van der Waals surface area contributed by atoms with E-state index in [9.17, 15) is 4.79 Å². The smallest absolute Gasteiger partial charge is 0.238 e. The Bertz CT molecular complexity index is 1120. The quantitative estimate of drug-likeness (QED) is 0.662. The van der Waals surface area contributed by atoms with Crippen molar-refractivity contribution in [2.24, 2.45) is 0 Å². The van der Waals surface area contributed by atoms with E-state index < -0.39 is 0 Å². The predicted molar refractivity (Wildman–Crippen MR) is 120 cm³/mol. The van der Waals surface area contributed by atoms with Crippen molar-refractivity contribution in [1.29, 1.82) is 0 Å². The fraction of sp³-hybridized carbons (Fsp3) is 0.333. The Morgan fingerprint density at radius 1 is 1.19 bits per heavy atom. The summed E-state index contributed by atoms with van der Waals surface area (Å²) in [5.41, 5.74) is 3.85. The van der Waals surface area contributed by atoms with Gasteiger partial charge in [0.2, 0.25) is 12.7 Å². The summed E-state index contributed by atoms with van der Waals surface area (Å²) in [6.07, 6.45) is 7.52. The molecule has 2 aliphatic heterocycles. The van der Waals surface area contributed by atoms with E-state index in [4.69, 9.17) is 14.5 Å². The van der Waals surface area contributed by atoms with Crippen molar-refractivity contribution in [3.63, 3.8) is 0 Å². The Morgan fingerprint density at radius 2 is 2.03 bits per heavy atom. The van der Waals surface area contributed by atoms with Gasteiger partial charge in [-0.25, -0.2) is 9.97 Å². The van der Waals surface area contributed by atoms with Crippen molar-refractivity contribution in [3.05, 3.63) is 60.4 Å². The van der Waals surface area contributed by atoms with Crippen LogP contribution in [-0.2, 0) is 4.79 Å². The highest BCUT2D eigenvalue weighted by molar-refractivity contribution is 5.92. The first-order chi connectivity index (χ1) is 15.7. The fourth-order valence-corrected chi connectivity index (χ4v) is 4.35. The Balaban J connectivity index is 1.28. The molecule has 1 saturated heterocycles. The molecule has 8 nitrogen and oxygen atoms in total. The van der Waals surface area contributed by atoms with Gasteiger partial charge in [0.15, 0.2) is 11.5 Å². The minimum Gasteiger partial charge on any atom is -0.454 e. The number of hydrogen-bond acceptors (Lipinski definition) is 7. The van der Waals surface area contributed by atoms with Crippen molar-refractivity contribution in [1.82, 2.24) is 19.9 Å². The van der Waals surface area contributed by atoms with Crippen molar-refractivity contribution in [2.45, 2.75) is 25.7 Å². The Kier molecular flexibility index (Phi) is 5.68. The van der Waals surface area contributed by atoms with Crippen LogP contribution < -0.4 is 14.8 Å². The molecule has 164 valence electrons. The van der Waals surface area contributed by atoms with Crippen molar-refractivity contribution in [2.75, 3.05) is 31.7 Å². The number of benzene rings is 1. The standard InChI is InChI=1S/C24H25N5O3/c1-16-26-12-20(17-6-8-25-9-7-17)24(27-16)18-3-2-10-29(13-18)14-23(30)28-19-4-5-21-22(11-19)32-15-31-21/h4-9,11-12,18H,2-3,10,13-15H2,1H3,(H,28,30)/t18-/m0/s1. The van der Waals surface area contributed by atoms with E-state index in [-0.39, 0.29) is 18.6 Å². The van der Waals surface area contributed by atoms with Gasteiger partial charge in [-0.1, -0.05) is 0 Å². The van der Waals surface area contributed by atoms with Crippen LogP contribution in [0.25, 0.3) is 11.1 Å². The number of hydrogen-bond donors (Lipinski definition) is 1. The molecule has 1 atom stereocenters. The second-order valence-corrected chi connectivity index (χ2v) is 8.14. The molecule has 0 spiro atoms. The summed E-state index contributed by atoms with van der Waals surface area (Å²) < 4.78 is 10.7. The SMILES string of the molecule is Cc1ncc(-c2ccncc2)c([C@H]2CCCN(CC(=O)Nc3ccc4c(c3)OCO4)C2)n1. The molecule has 1 N–H and O–H groups in total. The van der Waals surface area contributed by atoms with Gasteiger partial charge in [-0.3, -0.25) is 14.7 Å². The molecule has 2 aliphatic rings. The highest BCUT2D eigenvalue weighted by atomic mass is 16.7. The van der Waals surface area contributed by atoms with E-state index >= 15 is 0 Å². The van der Waals surface area contributed by atoms with Gasteiger partial charge in [-0.05, 0) is 56.1 Å². The van der Waals surface area contributed by atoms with Gasteiger partial charge in [-0.2, -0.15) is 0 Å². The third-order valence-electron chi connectivity index (χ3n) is 5.85. The molecule has 8 heteroatoms. The van der Waals surface area contributed by atoms with Crippen molar-refractivity contribution < 1.29 is 14.3 Å². The average molecular weight is 431 g/mol. The zero-order valence-corrected chi connectivity index (χ0v) is 18.0. The Labute approximate surface area is 186 Å². The first kappa shape index (κ1) is 20.4. The topological polar surface area (TPSA) is 89.5 Å². The molecule has 0 aliphatic carbocycles. The monoisotopic (exact) mass is 431 g/mol. The lowest BCUT2D eigenvalue weighted by atomic mass is 9.90. The van der Waals surface area contributed by atoms with E-state index in [0.717, 1.165) is 48.6 Å². The molecule has 1 aromatic carbocycles. The minimum atomic E-state index is -0.0438. The summed E-state index contributed by atoms with van der Waals surface area (Å²) in [6.45, 7) is 4.13. The van der Waals surface area contributed by atoms with Crippen LogP contribution in [0.4, 0.5) is 5.69 Å². The molecular formula is C24H25N5O3. The van der Waals surface area contributed by atoms with Gasteiger partial charge < -0.3 is 14.8 Å². The number of carbonyl (C=O) groups excluding carboxylic acids is 1. The number of ether oxygens (including phenoxy) is 2. The lowest BCUT2D eigenvalue weighted by Crippen LogP contribution is -2.40. The number of nitrogens with zero attached hydrogens (tertiary/aromatic N) is 4. The predicted octanol–water partition coefficient (Wildman–Crippen LogP) is 3.39. The van der Waals surface area contributed by atoms with Crippen molar-refractivity contribution >= 4 is 11.6 Å². The summed E-state index contributed by atoms with van der Waals surface area (Å²) in [6, 6.07) is 9.40. The van der Waals surface area contributed by atoms with E-state index in [1.165, 1.54) is 0 Å². The number of rotatable bonds is 5. The number of nitrogens with one attached hydrogen (secondary N) is 1. The first-order valence-corrected chi connectivity index (χ1v) is 10.8. The number of anilines is 1. The van der Waals surface area contributed by atoms with Crippen LogP contribution in [0.15, 0.2) is 48.9 Å². The molecule has 1 fully saturated rings. The number of carbonyl (C=O) groups is 1. The Hall–Kier alpha value is -3.52. The molecule has 0 unspecified atom stereocenters. The van der Waals surface area contributed by atoms with Gasteiger partial charge in [0.05, 0.1) is 12.2 Å². The number of amides is 1. The molecular weight excluding hydrogens is 406 g/mol. The highest BCUT2D eigenvalue weighted by Crippen LogP contribution is 2.35.